The summed E-state index contributed by atoms with van der Waals surface area (Å²) in [5, 5.41) is 13.7. The average molecular weight is 281 g/mol. The molecule has 1 fully saturated rings. The van der Waals surface area contributed by atoms with Crippen LogP contribution in [0.2, 0.25) is 0 Å². The van der Waals surface area contributed by atoms with Crippen LogP contribution in [0.4, 0.5) is 0 Å². The highest BCUT2D eigenvalue weighted by molar-refractivity contribution is 5.86. The number of furan rings is 1. The maximum atomic E-state index is 11.3. The van der Waals surface area contributed by atoms with Gasteiger partial charge in [0, 0.05) is 6.54 Å². The van der Waals surface area contributed by atoms with Crippen molar-refractivity contribution in [3.63, 3.8) is 0 Å². The molecule has 0 bridgehead atoms. The zero-order valence-electron chi connectivity index (χ0n) is 12.1. The molecule has 0 saturated heterocycles. The minimum absolute atomic E-state index is 0.0562. The standard InChI is InChI=1S/C15H23NO4/c1-11(12-6-7-13(20-12)14(17)19-2)16-10-15(18)8-4-3-5-9-15/h6-7,11,16,18H,3-5,8-10H2,1-2H3. The van der Waals surface area contributed by atoms with Crippen molar-refractivity contribution in [3.05, 3.63) is 23.7 Å². The van der Waals surface area contributed by atoms with Crippen molar-refractivity contribution < 1.29 is 19.1 Å². The van der Waals surface area contributed by atoms with E-state index in [1.807, 2.05) is 6.92 Å². The van der Waals surface area contributed by atoms with Crippen LogP contribution in [0.1, 0.15) is 61.4 Å². The van der Waals surface area contributed by atoms with Crippen molar-refractivity contribution in [2.24, 2.45) is 0 Å². The first-order chi connectivity index (χ1) is 9.54. The van der Waals surface area contributed by atoms with E-state index < -0.39 is 11.6 Å². The van der Waals surface area contributed by atoms with E-state index in [0.717, 1.165) is 25.7 Å². The van der Waals surface area contributed by atoms with Crippen molar-refractivity contribution in [3.8, 4) is 0 Å². The molecule has 2 N–H and O–H groups in total. The van der Waals surface area contributed by atoms with Crippen LogP contribution in [0.15, 0.2) is 16.5 Å². The Labute approximate surface area is 119 Å². The molecule has 1 aromatic heterocycles. The third kappa shape index (κ3) is 3.61. The Hall–Kier alpha value is -1.33. The number of carbonyl (C=O) groups is 1. The minimum atomic E-state index is -0.607. The average Bonchev–Trinajstić information content (AvgIpc) is 2.94. The highest BCUT2D eigenvalue weighted by Gasteiger charge is 2.29. The lowest BCUT2D eigenvalue weighted by atomic mass is 9.85. The van der Waals surface area contributed by atoms with Crippen LogP contribution in [0.5, 0.6) is 0 Å². The molecule has 20 heavy (non-hydrogen) atoms. The summed E-state index contributed by atoms with van der Waals surface area (Å²) in [6.07, 6.45) is 5.06. The van der Waals surface area contributed by atoms with Crippen molar-refractivity contribution in [2.45, 2.75) is 50.7 Å². The fourth-order valence-electron chi connectivity index (χ4n) is 2.63. The molecule has 1 atom stereocenters. The Balaban J connectivity index is 1.89. The number of hydrogen-bond donors (Lipinski definition) is 2. The van der Waals surface area contributed by atoms with E-state index in [2.05, 4.69) is 10.1 Å². The maximum absolute atomic E-state index is 11.3. The third-order valence-corrected chi connectivity index (χ3v) is 3.96. The SMILES string of the molecule is COC(=O)c1ccc(C(C)NCC2(O)CCCCC2)o1. The van der Waals surface area contributed by atoms with E-state index in [9.17, 15) is 9.90 Å². The van der Waals surface area contributed by atoms with E-state index in [0.29, 0.717) is 12.3 Å². The fraction of sp³-hybridized carbons (Fsp3) is 0.667. The van der Waals surface area contributed by atoms with Crippen molar-refractivity contribution >= 4 is 5.97 Å². The summed E-state index contributed by atoms with van der Waals surface area (Å²) in [6.45, 7) is 2.49. The monoisotopic (exact) mass is 281 g/mol. The molecule has 1 aliphatic rings. The molecule has 0 spiro atoms. The highest BCUT2D eigenvalue weighted by atomic mass is 16.5. The van der Waals surface area contributed by atoms with E-state index >= 15 is 0 Å². The van der Waals surface area contributed by atoms with Crippen LogP contribution in [-0.2, 0) is 4.74 Å². The topological polar surface area (TPSA) is 71.7 Å². The summed E-state index contributed by atoms with van der Waals surface area (Å²) in [6, 6.07) is 3.31. The van der Waals surface area contributed by atoms with Gasteiger partial charge in [0.25, 0.3) is 0 Å². The van der Waals surface area contributed by atoms with Crippen molar-refractivity contribution in [2.75, 3.05) is 13.7 Å². The number of nitrogens with one attached hydrogen (secondary N) is 1. The lowest BCUT2D eigenvalue weighted by molar-refractivity contribution is 0.00247. The molecule has 5 heteroatoms. The van der Waals surface area contributed by atoms with Gasteiger partial charge in [0.15, 0.2) is 0 Å². The molecule has 2 rings (SSSR count). The zero-order valence-corrected chi connectivity index (χ0v) is 12.1. The number of esters is 1. The smallest absolute Gasteiger partial charge is 0.373 e. The lowest BCUT2D eigenvalue weighted by Crippen LogP contribution is -2.42. The predicted octanol–water partition coefficient (Wildman–Crippen LogP) is 2.41. The van der Waals surface area contributed by atoms with Crippen LogP contribution in [0.25, 0.3) is 0 Å². The van der Waals surface area contributed by atoms with Crippen molar-refractivity contribution in [1.29, 1.82) is 0 Å². The molecule has 1 aromatic rings. The Bertz CT molecular complexity index is 448. The third-order valence-electron chi connectivity index (χ3n) is 3.96. The molecule has 5 nitrogen and oxygen atoms in total. The minimum Gasteiger partial charge on any atom is -0.463 e. The van der Waals surface area contributed by atoms with Gasteiger partial charge in [0.1, 0.15) is 5.76 Å². The van der Waals surface area contributed by atoms with E-state index in [1.54, 1.807) is 12.1 Å². The second kappa shape index (κ2) is 6.41. The zero-order chi connectivity index (χ0) is 14.6. The highest BCUT2D eigenvalue weighted by Crippen LogP contribution is 2.28. The summed E-state index contributed by atoms with van der Waals surface area (Å²) >= 11 is 0. The number of aliphatic hydroxyl groups is 1. The van der Waals surface area contributed by atoms with Gasteiger partial charge in [0.2, 0.25) is 5.76 Å². The van der Waals surface area contributed by atoms with E-state index in [-0.39, 0.29) is 11.8 Å². The first-order valence-electron chi connectivity index (χ1n) is 7.18. The van der Waals surface area contributed by atoms with Crippen LogP contribution in [0, 0.1) is 0 Å². The normalized spacial score (nSPS) is 19.6. The number of ether oxygens (including phenoxy) is 1. The molecule has 1 aliphatic carbocycles. The van der Waals surface area contributed by atoms with Crippen LogP contribution >= 0.6 is 0 Å². The first-order valence-corrected chi connectivity index (χ1v) is 7.18. The first kappa shape index (κ1) is 15.1. The van der Waals surface area contributed by atoms with Gasteiger partial charge in [0.05, 0.1) is 18.8 Å². The molecule has 0 amide bonds. The van der Waals surface area contributed by atoms with Gasteiger partial charge in [-0.05, 0) is 31.9 Å². The second-order valence-corrected chi connectivity index (χ2v) is 5.58. The van der Waals surface area contributed by atoms with Gasteiger partial charge >= 0.3 is 5.97 Å². The number of methoxy groups -OCH3 is 1. The molecule has 112 valence electrons. The van der Waals surface area contributed by atoms with Gasteiger partial charge in [-0.3, -0.25) is 0 Å². The Kier molecular flexibility index (Phi) is 4.83. The Morgan fingerprint density at radius 1 is 1.45 bits per heavy atom. The number of hydrogen-bond acceptors (Lipinski definition) is 5. The van der Waals surface area contributed by atoms with Gasteiger partial charge < -0.3 is 19.6 Å². The Morgan fingerprint density at radius 3 is 2.80 bits per heavy atom. The second-order valence-electron chi connectivity index (χ2n) is 5.58. The molecule has 1 saturated carbocycles. The molecule has 0 radical (unpaired) electrons. The largest absolute Gasteiger partial charge is 0.463 e. The molecular weight excluding hydrogens is 258 g/mol. The van der Waals surface area contributed by atoms with Crippen LogP contribution in [-0.4, -0.2) is 30.3 Å². The number of rotatable bonds is 5. The summed E-state index contributed by atoms with van der Waals surface area (Å²) in [4.78, 5) is 11.3. The van der Waals surface area contributed by atoms with Crippen LogP contribution in [0.3, 0.4) is 0 Å². The maximum Gasteiger partial charge on any atom is 0.373 e. The molecule has 0 aromatic carbocycles. The van der Waals surface area contributed by atoms with Gasteiger partial charge in [-0.1, -0.05) is 19.3 Å². The van der Waals surface area contributed by atoms with Gasteiger partial charge in [-0.15, -0.1) is 0 Å². The lowest BCUT2D eigenvalue weighted by Gasteiger charge is -2.33. The Morgan fingerprint density at radius 2 is 2.15 bits per heavy atom. The summed E-state index contributed by atoms with van der Waals surface area (Å²) < 4.78 is 10.1. The molecule has 0 aliphatic heterocycles. The van der Waals surface area contributed by atoms with Gasteiger partial charge in [-0.2, -0.15) is 0 Å². The van der Waals surface area contributed by atoms with E-state index in [4.69, 9.17) is 4.42 Å². The summed E-state index contributed by atoms with van der Waals surface area (Å²) in [5.74, 6) is 0.395. The molecule has 1 heterocycles. The summed E-state index contributed by atoms with van der Waals surface area (Å²) in [7, 11) is 1.32. The van der Waals surface area contributed by atoms with E-state index in [1.165, 1.54) is 13.5 Å². The van der Waals surface area contributed by atoms with Gasteiger partial charge in [-0.25, -0.2) is 4.79 Å². The fourth-order valence-corrected chi connectivity index (χ4v) is 2.63. The predicted molar refractivity (Wildman–Crippen MR) is 74.5 cm³/mol. The molecule has 1 unspecified atom stereocenters. The quantitative estimate of drug-likeness (QED) is 0.811. The molecular formula is C15H23NO4. The summed E-state index contributed by atoms with van der Waals surface area (Å²) in [5.41, 5.74) is -0.607. The number of carbonyl (C=O) groups excluding carboxylic acids is 1. The van der Waals surface area contributed by atoms with Crippen LogP contribution < -0.4 is 5.32 Å². The van der Waals surface area contributed by atoms with Crippen molar-refractivity contribution in [1.82, 2.24) is 5.32 Å².